The predicted octanol–water partition coefficient (Wildman–Crippen LogP) is 1.29. The second-order valence-electron chi connectivity index (χ2n) is 5.69. The van der Waals surface area contributed by atoms with E-state index in [1.54, 1.807) is 0 Å². The molecule has 0 aromatic carbocycles. The Labute approximate surface area is 97.4 Å². The van der Waals surface area contributed by atoms with Gasteiger partial charge in [-0.05, 0) is 44.1 Å². The molecule has 2 N–H and O–H groups in total. The summed E-state index contributed by atoms with van der Waals surface area (Å²) in [5.41, 5.74) is 0. The number of carbonyl (C=O) groups excluding carboxylic acids is 1. The highest BCUT2D eigenvalue weighted by Gasteiger charge is 2.54. The van der Waals surface area contributed by atoms with Gasteiger partial charge in [0.05, 0.1) is 0 Å². The highest BCUT2D eigenvalue weighted by molar-refractivity contribution is 5.82. The molecule has 3 heteroatoms. The van der Waals surface area contributed by atoms with Gasteiger partial charge in [0, 0.05) is 18.5 Å². The van der Waals surface area contributed by atoms with Crippen LogP contribution in [0, 0.1) is 17.8 Å². The third-order valence-corrected chi connectivity index (χ3v) is 4.60. The fraction of sp³-hybridized carbons (Fsp3) is 0.923. The van der Waals surface area contributed by atoms with E-state index in [9.17, 15) is 4.79 Å². The average molecular weight is 222 g/mol. The summed E-state index contributed by atoms with van der Waals surface area (Å²) in [5, 5.41) is 6.58. The van der Waals surface area contributed by atoms with Crippen molar-refractivity contribution in [1.29, 1.82) is 0 Å². The minimum absolute atomic E-state index is 0.352. The predicted molar refractivity (Wildman–Crippen MR) is 63.0 cm³/mol. The van der Waals surface area contributed by atoms with Crippen molar-refractivity contribution in [2.45, 2.75) is 44.6 Å². The summed E-state index contributed by atoms with van der Waals surface area (Å²) < 4.78 is 0. The van der Waals surface area contributed by atoms with Gasteiger partial charge in [0.2, 0.25) is 5.91 Å². The molecule has 1 heterocycles. The maximum Gasteiger partial charge on any atom is 0.223 e. The molecular weight excluding hydrogens is 200 g/mol. The number of nitrogens with one attached hydrogen (secondary N) is 2. The summed E-state index contributed by atoms with van der Waals surface area (Å²) in [6, 6.07) is 0.393. The summed E-state index contributed by atoms with van der Waals surface area (Å²) in [4.78, 5) is 12.1. The molecule has 3 nitrogen and oxygen atoms in total. The molecule has 1 aliphatic heterocycles. The Morgan fingerprint density at radius 2 is 1.81 bits per heavy atom. The standard InChI is InChI=1S/C13H22N2O/c16-13(15-9-4-3-7-14-8-9)12-10-5-1-2-6-11(10)12/h9-12,14H,1-8H2,(H,15,16). The van der Waals surface area contributed by atoms with Gasteiger partial charge in [-0.25, -0.2) is 0 Å². The van der Waals surface area contributed by atoms with Gasteiger partial charge in [0.25, 0.3) is 0 Å². The summed E-state index contributed by atoms with van der Waals surface area (Å²) >= 11 is 0. The van der Waals surface area contributed by atoms with Crippen LogP contribution < -0.4 is 10.6 Å². The summed E-state index contributed by atoms with van der Waals surface area (Å²) in [6.45, 7) is 2.08. The van der Waals surface area contributed by atoms with Gasteiger partial charge in [0.15, 0.2) is 0 Å². The van der Waals surface area contributed by atoms with Crippen molar-refractivity contribution < 1.29 is 4.79 Å². The second kappa shape index (κ2) is 4.36. The zero-order valence-corrected chi connectivity index (χ0v) is 9.87. The van der Waals surface area contributed by atoms with Crippen molar-refractivity contribution in [2.24, 2.45) is 17.8 Å². The quantitative estimate of drug-likeness (QED) is 0.739. The molecule has 0 spiro atoms. The topological polar surface area (TPSA) is 41.1 Å². The molecule has 0 aromatic rings. The van der Waals surface area contributed by atoms with Gasteiger partial charge >= 0.3 is 0 Å². The van der Waals surface area contributed by atoms with E-state index >= 15 is 0 Å². The first kappa shape index (κ1) is 10.6. The van der Waals surface area contributed by atoms with Crippen molar-refractivity contribution in [3.8, 4) is 0 Å². The van der Waals surface area contributed by atoms with Gasteiger partial charge in [-0.1, -0.05) is 12.8 Å². The number of hydrogen-bond donors (Lipinski definition) is 2. The van der Waals surface area contributed by atoms with Gasteiger partial charge in [0.1, 0.15) is 0 Å². The maximum absolute atomic E-state index is 12.1. The molecule has 0 aromatic heterocycles. The molecule has 0 bridgehead atoms. The van der Waals surface area contributed by atoms with Crippen LogP contribution in [-0.2, 0) is 4.79 Å². The first-order chi connectivity index (χ1) is 7.86. The monoisotopic (exact) mass is 222 g/mol. The zero-order valence-electron chi connectivity index (χ0n) is 9.87. The molecule has 2 saturated carbocycles. The second-order valence-corrected chi connectivity index (χ2v) is 5.69. The van der Waals surface area contributed by atoms with E-state index in [1.165, 1.54) is 32.1 Å². The Bertz CT molecular complexity index is 261. The summed E-state index contributed by atoms with van der Waals surface area (Å²) in [7, 11) is 0. The van der Waals surface area contributed by atoms with E-state index in [0.717, 1.165) is 31.3 Å². The van der Waals surface area contributed by atoms with Crippen molar-refractivity contribution >= 4 is 5.91 Å². The first-order valence-electron chi connectivity index (χ1n) is 6.87. The average Bonchev–Trinajstić information content (AvgIpc) is 3.04. The SMILES string of the molecule is O=C(NC1CCCNC1)C1C2CCCCC21. The number of hydrogen-bond acceptors (Lipinski definition) is 2. The van der Waals surface area contributed by atoms with Gasteiger partial charge in [-0.3, -0.25) is 4.79 Å². The number of piperidine rings is 1. The molecule has 3 unspecified atom stereocenters. The largest absolute Gasteiger partial charge is 0.352 e. The van der Waals surface area contributed by atoms with Crippen molar-refractivity contribution in [1.82, 2.24) is 10.6 Å². The lowest BCUT2D eigenvalue weighted by Crippen LogP contribution is -2.46. The number of amides is 1. The van der Waals surface area contributed by atoms with Crippen molar-refractivity contribution in [3.63, 3.8) is 0 Å². The smallest absolute Gasteiger partial charge is 0.223 e. The van der Waals surface area contributed by atoms with E-state index in [1.807, 2.05) is 0 Å². The normalized spacial score (nSPS) is 42.2. The molecule has 90 valence electrons. The lowest BCUT2D eigenvalue weighted by Gasteiger charge is -2.23. The van der Waals surface area contributed by atoms with Crippen LogP contribution in [0.2, 0.25) is 0 Å². The van der Waals surface area contributed by atoms with Crippen molar-refractivity contribution in [2.75, 3.05) is 13.1 Å². The van der Waals surface area contributed by atoms with Crippen LogP contribution in [-0.4, -0.2) is 25.0 Å². The lowest BCUT2D eigenvalue weighted by atomic mass is 10.0. The van der Waals surface area contributed by atoms with Crippen LogP contribution >= 0.6 is 0 Å². The minimum atomic E-state index is 0.352. The van der Waals surface area contributed by atoms with Crippen LogP contribution in [0.25, 0.3) is 0 Å². The van der Waals surface area contributed by atoms with E-state index in [2.05, 4.69) is 10.6 Å². The Hall–Kier alpha value is -0.570. The zero-order chi connectivity index (χ0) is 11.0. The highest BCUT2D eigenvalue weighted by Crippen LogP contribution is 2.55. The molecule has 16 heavy (non-hydrogen) atoms. The van der Waals surface area contributed by atoms with E-state index in [0.29, 0.717) is 17.9 Å². The Morgan fingerprint density at radius 3 is 2.44 bits per heavy atom. The molecular formula is C13H22N2O. The van der Waals surface area contributed by atoms with Crippen molar-refractivity contribution in [3.05, 3.63) is 0 Å². The molecule has 1 saturated heterocycles. The molecule has 2 aliphatic carbocycles. The van der Waals surface area contributed by atoms with Crippen LogP contribution in [0.15, 0.2) is 0 Å². The lowest BCUT2D eigenvalue weighted by molar-refractivity contribution is -0.123. The molecule has 3 atom stereocenters. The van der Waals surface area contributed by atoms with Gasteiger partial charge < -0.3 is 10.6 Å². The molecule has 3 fully saturated rings. The molecule has 1 amide bonds. The molecule has 3 rings (SSSR count). The minimum Gasteiger partial charge on any atom is -0.352 e. The van der Waals surface area contributed by atoms with Crippen LogP contribution in [0.1, 0.15) is 38.5 Å². The van der Waals surface area contributed by atoms with Crippen LogP contribution in [0.5, 0.6) is 0 Å². The fourth-order valence-electron chi connectivity index (χ4n) is 3.65. The van der Waals surface area contributed by atoms with E-state index < -0.39 is 0 Å². The van der Waals surface area contributed by atoms with Crippen LogP contribution in [0.3, 0.4) is 0 Å². The Morgan fingerprint density at radius 1 is 1.06 bits per heavy atom. The van der Waals surface area contributed by atoms with E-state index in [-0.39, 0.29) is 0 Å². The number of rotatable bonds is 2. The third-order valence-electron chi connectivity index (χ3n) is 4.60. The Kier molecular flexibility index (Phi) is 2.88. The summed E-state index contributed by atoms with van der Waals surface area (Å²) in [5.74, 6) is 2.21. The fourth-order valence-corrected chi connectivity index (χ4v) is 3.65. The van der Waals surface area contributed by atoms with Gasteiger partial charge in [-0.2, -0.15) is 0 Å². The van der Waals surface area contributed by atoms with Gasteiger partial charge in [-0.15, -0.1) is 0 Å². The number of carbonyl (C=O) groups is 1. The number of fused-ring (bicyclic) bond motifs is 1. The maximum atomic E-state index is 12.1. The first-order valence-corrected chi connectivity index (χ1v) is 6.87. The van der Waals surface area contributed by atoms with E-state index in [4.69, 9.17) is 0 Å². The molecule has 0 radical (unpaired) electrons. The Balaban J connectivity index is 1.50. The highest BCUT2D eigenvalue weighted by atomic mass is 16.2. The summed E-state index contributed by atoms with van der Waals surface area (Å²) in [6.07, 6.45) is 7.63. The third kappa shape index (κ3) is 1.97. The van der Waals surface area contributed by atoms with Crippen LogP contribution in [0.4, 0.5) is 0 Å². The molecule has 3 aliphatic rings.